The second-order valence-corrected chi connectivity index (χ2v) is 7.24. The van der Waals surface area contributed by atoms with Gasteiger partial charge in [-0.2, -0.15) is 4.31 Å². The van der Waals surface area contributed by atoms with Crippen LogP contribution in [0, 0.1) is 0 Å². The Bertz CT molecular complexity index is 828. The molecule has 0 aliphatic heterocycles. The van der Waals surface area contributed by atoms with Crippen LogP contribution in [0.1, 0.15) is 11.1 Å². The van der Waals surface area contributed by atoms with Gasteiger partial charge < -0.3 is 0 Å². The Morgan fingerprint density at radius 3 is 1.62 bits per heavy atom. The molecule has 0 atom stereocenters. The van der Waals surface area contributed by atoms with Gasteiger partial charge >= 0.3 is 0 Å². The van der Waals surface area contributed by atoms with E-state index in [0.717, 1.165) is 11.1 Å². The minimum absolute atomic E-state index is 0.280. The number of hydrogen-bond acceptors (Lipinski definition) is 4. The highest BCUT2D eigenvalue weighted by Gasteiger charge is 2.24. The molecular weight excluding hydrogens is 322 g/mol. The highest BCUT2D eigenvalue weighted by Crippen LogP contribution is 2.20. The lowest BCUT2D eigenvalue weighted by Gasteiger charge is -2.22. The summed E-state index contributed by atoms with van der Waals surface area (Å²) in [6.45, 7) is 0.560. The Kier molecular flexibility index (Phi) is 4.98. The first kappa shape index (κ1) is 16.3. The van der Waals surface area contributed by atoms with Gasteiger partial charge in [0.05, 0.1) is 4.90 Å². The van der Waals surface area contributed by atoms with Gasteiger partial charge in [0.15, 0.2) is 0 Å². The third-order valence-corrected chi connectivity index (χ3v) is 5.40. The smallest absolute Gasteiger partial charge is 0.243 e. The lowest BCUT2D eigenvalue weighted by atomic mass is 10.2. The molecule has 0 N–H and O–H groups in total. The Balaban J connectivity index is 1.95. The standard InChI is InChI=1S/C18H17N3O2S/c22-24(23,18-4-2-1-3-5-18)21(14-16-6-10-19-11-7-16)15-17-8-12-20-13-9-17/h1-13H,14-15H2. The number of sulfonamides is 1. The first-order chi connectivity index (χ1) is 11.7. The van der Waals surface area contributed by atoms with Crippen LogP contribution in [0.5, 0.6) is 0 Å². The van der Waals surface area contributed by atoms with Crippen LogP contribution in [0.25, 0.3) is 0 Å². The summed E-state index contributed by atoms with van der Waals surface area (Å²) in [6, 6.07) is 15.8. The van der Waals surface area contributed by atoms with E-state index in [4.69, 9.17) is 0 Å². The quantitative estimate of drug-likeness (QED) is 0.693. The fraction of sp³-hybridized carbons (Fsp3) is 0.111. The van der Waals surface area contributed by atoms with Crippen molar-refractivity contribution in [2.75, 3.05) is 0 Å². The minimum atomic E-state index is -3.60. The Morgan fingerprint density at radius 2 is 1.17 bits per heavy atom. The van der Waals surface area contributed by atoms with E-state index in [1.54, 1.807) is 55.1 Å². The van der Waals surface area contributed by atoms with Crippen LogP contribution >= 0.6 is 0 Å². The average Bonchev–Trinajstić information content (AvgIpc) is 2.64. The van der Waals surface area contributed by atoms with Crippen molar-refractivity contribution in [3.63, 3.8) is 0 Å². The predicted molar refractivity (Wildman–Crippen MR) is 91.3 cm³/mol. The van der Waals surface area contributed by atoms with Crippen molar-refractivity contribution in [3.8, 4) is 0 Å². The summed E-state index contributed by atoms with van der Waals surface area (Å²) in [6.07, 6.45) is 6.65. The number of nitrogens with zero attached hydrogens (tertiary/aromatic N) is 3. The fourth-order valence-electron chi connectivity index (χ4n) is 2.35. The van der Waals surface area contributed by atoms with Crippen molar-refractivity contribution in [1.82, 2.24) is 14.3 Å². The lowest BCUT2D eigenvalue weighted by molar-refractivity contribution is 0.401. The molecule has 2 heterocycles. The molecule has 24 heavy (non-hydrogen) atoms. The van der Waals surface area contributed by atoms with Crippen molar-refractivity contribution in [3.05, 3.63) is 90.5 Å². The summed E-state index contributed by atoms with van der Waals surface area (Å²) >= 11 is 0. The van der Waals surface area contributed by atoms with Crippen molar-refractivity contribution in [2.45, 2.75) is 18.0 Å². The number of aromatic nitrogens is 2. The topological polar surface area (TPSA) is 63.2 Å². The van der Waals surface area contributed by atoms with Gasteiger partial charge in [0.1, 0.15) is 0 Å². The van der Waals surface area contributed by atoms with Crippen LogP contribution in [-0.4, -0.2) is 22.7 Å². The van der Waals surface area contributed by atoms with Gasteiger partial charge in [-0.05, 0) is 47.5 Å². The van der Waals surface area contributed by atoms with Crippen molar-refractivity contribution >= 4 is 10.0 Å². The second kappa shape index (κ2) is 7.33. The van der Waals surface area contributed by atoms with Crippen LogP contribution in [-0.2, 0) is 23.1 Å². The predicted octanol–water partition coefficient (Wildman–Crippen LogP) is 2.87. The summed E-state index contributed by atoms with van der Waals surface area (Å²) in [5, 5.41) is 0. The molecule has 0 fully saturated rings. The van der Waals surface area contributed by atoms with Crippen LogP contribution in [0.4, 0.5) is 0 Å². The molecule has 6 heteroatoms. The molecule has 0 radical (unpaired) electrons. The second-order valence-electron chi connectivity index (χ2n) is 5.30. The SMILES string of the molecule is O=S(=O)(c1ccccc1)N(Cc1ccncc1)Cc1ccncc1. The van der Waals surface area contributed by atoms with Gasteiger partial charge in [-0.3, -0.25) is 9.97 Å². The van der Waals surface area contributed by atoms with Crippen LogP contribution in [0.3, 0.4) is 0 Å². The number of hydrogen-bond donors (Lipinski definition) is 0. The summed E-state index contributed by atoms with van der Waals surface area (Å²) in [5.41, 5.74) is 1.78. The average molecular weight is 339 g/mol. The summed E-state index contributed by atoms with van der Waals surface area (Å²) in [5.74, 6) is 0. The molecule has 0 aliphatic carbocycles. The molecule has 0 spiro atoms. The van der Waals surface area contributed by atoms with Crippen LogP contribution in [0.15, 0.2) is 84.3 Å². The van der Waals surface area contributed by atoms with Crippen LogP contribution < -0.4 is 0 Å². The summed E-state index contributed by atoms with van der Waals surface area (Å²) in [7, 11) is -3.60. The highest BCUT2D eigenvalue weighted by atomic mass is 32.2. The van der Waals surface area contributed by atoms with Crippen molar-refractivity contribution in [2.24, 2.45) is 0 Å². The highest BCUT2D eigenvalue weighted by molar-refractivity contribution is 7.89. The zero-order valence-corrected chi connectivity index (χ0v) is 13.8. The molecular formula is C18H17N3O2S. The number of pyridine rings is 2. The van der Waals surface area contributed by atoms with Gasteiger partial charge in [-0.1, -0.05) is 18.2 Å². The molecule has 3 aromatic rings. The zero-order valence-electron chi connectivity index (χ0n) is 13.0. The van der Waals surface area contributed by atoms with E-state index in [0.29, 0.717) is 0 Å². The van der Waals surface area contributed by atoms with Crippen LogP contribution in [0.2, 0.25) is 0 Å². The maximum atomic E-state index is 13.0. The van der Waals surface area contributed by atoms with Gasteiger partial charge in [-0.25, -0.2) is 8.42 Å². The normalized spacial score (nSPS) is 11.5. The molecule has 0 bridgehead atoms. The van der Waals surface area contributed by atoms with E-state index >= 15 is 0 Å². The molecule has 0 amide bonds. The molecule has 3 rings (SSSR count). The summed E-state index contributed by atoms with van der Waals surface area (Å²) < 4.78 is 27.5. The van der Waals surface area contributed by atoms with E-state index in [1.807, 2.05) is 24.3 Å². The molecule has 0 saturated carbocycles. The van der Waals surface area contributed by atoms with E-state index in [-0.39, 0.29) is 18.0 Å². The first-order valence-electron chi connectivity index (χ1n) is 7.49. The Labute approximate surface area is 141 Å². The Hall–Kier alpha value is -2.57. The first-order valence-corrected chi connectivity index (χ1v) is 8.93. The molecule has 0 aliphatic rings. The van der Waals surface area contributed by atoms with Gasteiger partial charge in [0, 0.05) is 37.9 Å². The monoisotopic (exact) mass is 339 g/mol. The van der Waals surface area contributed by atoms with Crippen molar-refractivity contribution < 1.29 is 8.42 Å². The molecule has 122 valence electrons. The molecule has 2 aromatic heterocycles. The minimum Gasteiger partial charge on any atom is -0.265 e. The lowest BCUT2D eigenvalue weighted by Crippen LogP contribution is -2.30. The molecule has 0 saturated heterocycles. The van der Waals surface area contributed by atoms with Gasteiger partial charge in [-0.15, -0.1) is 0 Å². The van der Waals surface area contributed by atoms with E-state index < -0.39 is 10.0 Å². The largest absolute Gasteiger partial charge is 0.265 e. The number of benzene rings is 1. The summed E-state index contributed by atoms with van der Waals surface area (Å²) in [4.78, 5) is 8.25. The number of rotatable bonds is 6. The Morgan fingerprint density at radius 1 is 0.708 bits per heavy atom. The van der Waals surface area contributed by atoms with Crippen molar-refractivity contribution in [1.29, 1.82) is 0 Å². The van der Waals surface area contributed by atoms with Gasteiger partial charge in [0.2, 0.25) is 10.0 Å². The fourth-order valence-corrected chi connectivity index (χ4v) is 3.79. The zero-order chi connectivity index (χ0) is 16.8. The molecule has 1 aromatic carbocycles. The van der Waals surface area contributed by atoms with E-state index in [9.17, 15) is 8.42 Å². The van der Waals surface area contributed by atoms with E-state index in [2.05, 4.69) is 9.97 Å². The van der Waals surface area contributed by atoms with E-state index in [1.165, 1.54) is 4.31 Å². The molecule has 5 nitrogen and oxygen atoms in total. The third kappa shape index (κ3) is 3.84. The van der Waals surface area contributed by atoms with Gasteiger partial charge in [0.25, 0.3) is 0 Å². The maximum Gasteiger partial charge on any atom is 0.243 e. The molecule has 0 unspecified atom stereocenters. The third-order valence-electron chi connectivity index (χ3n) is 3.60. The maximum absolute atomic E-state index is 13.0.